The summed E-state index contributed by atoms with van der Waals surface area (Å²) >= 11 is 1.85. The Balaban J connectivity index is 1.24. The highest BCUT2D eigenvalue weighted by Gasteiger charge is 2.51. The van der Waals surface area contributed by atoms with Crippen LogP contribution in [0.4, 0.5) is 4.39 Å². The molecule has 1 amide bonds. The van der Waals surface area contributed by atoms with E-state index in [0.29, 0.717) is 25.7 Å². The third-order valence-corrected chi connectivity index (χ3v) is 9.44. The summed E-state index contributed by atoms with van der Waals surface area (Å²) in [5.41, 5.74) is 0.104. The first kappa shape index (κ1) is 24.4. The van der Waals surface area contributed by atoms with Crippen LogP contribution in [0.5, 0.6) is 0 Å². The summed E-state index contributed by atoms with van der Waals surface area (Å²) in [6.07, 6.45) is 7.01. The van der Waals surface area contributed by atoms with E-state index in [-0.39, 0.29) is 40.8 Å². The van der Waals surface area contributed by atoms with Gasteiger partial charge in [0, 0.05) is 18.1 Å². The second-order valence-electron chi connectivity index (χ2n) is 10.6. The Morgan fingerprint density at radius 1 is 0.973 bits per heavy atom. The zero-order chi connectivity index (χ0) is 25.6. The van der Waals surface area contributed by atoms with Gasteiger partial charge in [-0.2, -0.15) is 11.8 Å². The van der Waals surface area contributed by atoms with Crippen molar-refractivity contribution in [2.24, 2.45) is 0 Å². The molecule has 2 saturated carbocycles. The predicted molar refractivity (Wildman–Crippen MR) is 143 cm³/mol. The van der Waals surface area contributed by atoms with E-state index in [4.69, 9.17) is 0 Å². The number of hydrogen-bond acceptors (Lipinski definition) is 5. The summed E-state index contributed by atoms with van der Waals surface area (Å²) in [4.78, 5) is 44.6. The van der Waals surface area contributed by atoms with Crippen molar-refractivity contribution in [2.75, 3.05) is 11.5 Å². The van der Waals surface area contributed by atoms with Crippen molar-refractivity contribution >= 4 is 28.7 Å². The van der Waals surface area contributed by atoms with E-state index >= 15 is 0 Å². The summed E-state index contributed by atoms with van der Waals surface area (Å²) in [7, 11) is 0. The van der Waals surface area contributed by atoms with Crippen LogP contribution >= 0.6 is 11.8 Å². The average molecular weight is 523 g/mol. The van der Waals surface area contributed by atoms with Crippen LogP contribution in [0.2, 0.25) is 0 Å². The molecule has 0 spiro atoms. The molecule has 3 heterocycles. The lowest BCUT2D eigenvalue weighted by Gasteiger charge is -2.32. The SMILES string of the molecule is O=C(NC1CCC(n2c(=O)c3cc(F)cnc3n(C3CCSCC3)c2=O)CC1)C1(c2ccccc2)CC1. The Labute approximate surface area is 218 Å². The van der Waals surface area contributed by atoms with Crippen molar-refractivity contribution in [1.82, 2.24) is 19.4 Å². The summed E-state index contributed by atoms with van der Waals surface area (Å²) in [6.45, 7) is 0. The minimum atomic E-state index is -0.584. The van der Waals surface area contributed by atoms with Gasteiger partial charge in [-0.3, -0.25) is 18.7 Å². The third kappa shape index (κ3) is 4.41. The van der Waals surface area contributed by atoms with Crippen molar-refractivity contribution in [3.8, 4) is 0 Å². The number of carbonyl (C=O) groups is 1. The lowest BCUT2D eigenvalue weighted by atomic mass is 9.89. The van der Waals surface area contributed by atoms with Crippen LogP contribution in [0.15, 0.2) is 52.2 Å². The van der Waals surface area contributed by atoms with Gasteiger partial charge in [0.25, 0.3) is 5.56 Å². The standard InChI is InChI=1S/C28H31FN4O3S/c29-19-16-23-24(30-17-19)32(22-10-14-37-15-11-22)27(36)33(25(23)34)21-8-6-20(7-9-21)31-26(35)28(12-13-28)18-4-2-1-3-5-18/h1-5,16-17,20-22H,6-15H2,(H,31,35). The minimum Gasteiger partial charge on any atom is -0.353 e. The van der Waals surface area contributed by atoms with Gasteiger partial charge in [0.05, 0.1) is 17.0 Å². The van der Waals surface area contributed by atoms with Crippen LogP contribution in [-0.4, -0.2) is 37.6 Å². The molecule has 0 atom stereocenters. The number of aromatic nitrogens is 3. The van der Waals surface area contributed by atoms with Gasteiger partial charge in [-0.15, -0.1) is 0 Å². The van der Waals surface area contributed by atoms with Crippen molar-refractivity contribution < 1.29 is 9.18 Å². The molecule has 194 valence electrons. The normalized spacial score (nSPS) is 23.6. The van der Waals surface area contributed by atoms with Gasteiger partial charge in [-0.05, 0) is 74.5 Å². The molecule has 3 aromatic rings. The van der Waals surface area contributed by atoms with Crippen LogP contribution in [0.25, 0.3) is 11.0 Å². The van der Waals surface area contributed by atoms with E-state index in [1.165, 1.54) is 10.6 Å². The van der Waals surface area contributed by atoms with Gasteiger partial charge in [0.2, 0.25) is 5.91 Å². The van der Waals surface area contributed by atoms with Gasteiger partial charge in [-0.1, -0.05) is 30.3 Å². The maximum atomic E-state index is 14.1. The number of nitrogens with zero attached hydrogens (tertiary/aromatic N) is 3. The average Bonchev–Trinajstić information content (AvgIpc) is 3.74. The van der Waals surface area contributed by atoms with Crippen molar-refractivity contribution in [3.63, 3.8) is 0 Å². The first-order valence-electron chi connectivity index (χ1n) is 13.2. The Kier molecular flexibility index (Phi) is 6.42. The molecule has 37 heavy (non-hydrogen) atoms. The monoisotopic (exact) mass is 522 g/mol. The molecule has 1 aromatic carbocycles. The first-order valence-corrected chi connectivity index (χ1v) is 14.4. The molecule has 2 aliphatic carbocycles. The predicted octanol–water partition coefficient (Wildman–Crippen LogP) is 4.10. The van der Waals surface area contributed by atoms with Gasteiger partial charge >= 0.3 is 5.69 Å². The second kappa shape index (κ2) is 9.74. The summed E-state index contributed by atoms with van der Waals surface area (Å²) in [6, 6.07) is 10.8. The van der Waals surface area contributed by atoms with Gasteiger partial charge < -0.3 is 5.32 Å². The van der Waals surface area contributed by atoms with Gasteiger partial charge in [-0.25, -0.2) is 14.2 Å². The van der Waals surface area contributed by atoms with Crippen molar-refractivity contribution in [3.05, 3.63) is 74.8 Å². The number of fused-ring (bicyclic) bond motifs is 1. The fourth-order valence-corrected chi connectivity index (χ4v) is 7.21. The summed E-state index contributed by atoms with van der Waals surface area (Å²) in [5.74, 6) is 1.37. The Morgan fingerprint density at radius 2 is 1.65 bits per heavy atom. The summed E-state index contributed by atoms with van der Waals surface area (Å²) < 4.78 is 17.1. The molecule has 2 aromatic heterocycles. The fourth-order valence-electron chi connectivity index (χ4n) is 6.13. The molecule has 0 bridgehead atoms. The largest absolute Gasteiger partial charge is 0.353 e. The van der Waals surface area contributed by atoms with E-state index in [2.05, 4.69) is 10.3 Å². The van der Waals surface area contributed by atoms with Crippen LogP contribution in [0.3, 0.4) is 0 Å². The smallest absolute Gasteiger partial charge is 0.333 e. The number of benzene rings is 1. The molecule has 3 aliphatic rings. The van der Waals surface area contributed by atoms with Crippen LogP contribution in [0.1, 0.15) is 69.0 Å². The number of amides is 1. The highest BCUT2D eigenvalue weighted by atomic mass is 32.2. The number of hydrogen-bond donors (Lipinski definition) is 1. The number of pyridine rings is 1. The maximum absolute atomic E-state index is 14.1. The van der Waals surface area contributed by atoms with E-state index in [9.17, 15) is 18.8 Å². The van der Waals surface area contributed by atoms with Crippen LogP contribution in [0, 0.1) is 5.82 Å². The van der Waals surface area contributed by atoms with Gasteiger partial charge in [0.15, 0.2) is 0 Å². The molecule has 0 unspecified atom stereocenters. The fraction of sp³-hybridized carbons (Fsp3) is 0.500. The highest BCUT2D eigenvalue weighted by molar-refractivity contribution is 7.99. The van der Waals surface area contributed by atoms with Crippen molar-refractivity contribution in [1.29, 1.82) is 0 Å². The second-order valence-corrected chi connectivity index (χ2v) is 11.8. The Hall–Kier alpha value is -2.94. The lowest BCUT2D eigenvalue weighted by Crippen LogP contribution is -2.47. The molecule has 1 saturated heterocycles. The van der Waals surface area contributed by atoms with E-state index in [1.807, 2.05) is 42.1 Å². The van der Waals surface area contributed by atoms with E-state index < -0.39 is 16.8 Å². The molecule has 9 heteroatoms. The number of nitrogens with one attached hydrogen (secondary N) is 1. The number of carbonyl (C=O) groups excluding carboxylic acids is 1. The van der Waals surface area contributed by atoms with E-state index in [1.54, 1.807) is 4.57 Å². The number of halogens is 1. The molecule has 6 rings (SSSR count). The number of thioether (sulfide) groups is 1. The van der Waals surface area contributed by atoms with Crippen LogP contribution in [-0.2, 0) is 10.2 Å². The quantitative estimate of drug-likeness (QED) is 0.545. The lowest BCUT2D eigenvalue weighted by molar-refractivity contribution is -0.124. The topological polar surface area (TPSA) is 86.0 Å². The molecular formula is C28H31FN4O3S. The maximum Gasteiger partial charge on any atom is 0.333 e. The molecular weight excluding hydrogens is 491 g/mol. The van der Waals surface area contributed by atoms with Crippen LogP contribution < -0.4 is 16.6 Å². The molecule has 7 nitrogen and oxygen atoms in total. The van der Waals surface area contributed by atoms with E-state index in [0.717, 1.165) is 48.9 Å². The molecule has 0 radical (unpaired) electrons. The first-order chi connectivity index (χ1) is 18.0. The Morgan fingerprint density at radius 3 is 2.32 bits per heavy atom. The molecule has 3 fully saturated rings. The minimum absolute atomic E-state index is 0.0119. The summed E-state index contributed by atoms with van der Waals surface area (Å²) in [5, 5.41) is 3.41. The zero-order valence-electron chi connectivity index (χ0n) is 20.7. The van der Waals surface area contributed by atoms with Crippen molar-refractivity contribution in [2.45, 2.75) is 74.9 Å². The molecule has 1 N–H and O–H groups in total. The molecule has 1 aliphatic heterocycles. The number of rotatable bonds is 5. The Bertz CT molecular complexity index is 1440. The zero-order valence-corrected chi connectivity index (χ0v) is 21.5. The highest BCUT2D eigenvalue weighted by Crippen LogP contribution is 2.48. The van der Waals surface area contributed by atoms with Gasteiger partial charge in [0.1, 0.15) is 11.5 Å². The third-order valence-electron chi connectivity index (χ3n) is 8.39.